The van der Waals surface area contributed by atoms with Crippen LogP contribution in [0.4, 0.5) is 4.79 Å². The summed E-state index contributed by atoms with van der Waals surface area (Å²) in [5, 5.41) is 5.16. The zero-order valence-corrected chi connectivity index (χ0v) is 14.3. The van der Waals surface area contributed by atoms with Crippen LogP contribution in [0.15, 0.2) is 0 Å². The Kier molecular flexibility index (Phi) is 6.18. The number of carbonyl (C=O) groups excluding carboxylic acids is 2. The lowest BCUT2D eigenvalue weighted by atomic mass is 10.1. The van der Waals surface area contributed by atoms with E-state index in [1.54, 1.807) is 20.8 Å². The number of nitrogens with one attached hydrogen (secondary N) is 2. The van der Waals surface area contributed by atoms with Gasteiger partial charge in [0.1, 0.15) is 12.1 Å². The van der Waals surface area contributed by atoms with Gasteiger partial charge in [-0.1, -0.05) is 0 Å². The quantitative estimate of drug-likeness (QED) is 0.755. The van der Waals surface area contributed by atoms with E-state index in [9.17, 15) is 18.0 Å². The molecule has 1 aliphatic rings. The summed E-state index contributed by atoms with van der Waals surface area (Å²) in [5.74, 6) is -0.316. The Labute approximate surface area is 131 Å². The van der Waals surface area contributed by atoms with Gasteiger partial charge in [0.15, 0.2) is 0 Å². The van der Waals surface area contributed by atoms with E-state index in [1.165, 1.54) is 10.6 Å². The second-order valence-electron chi connectivity index (χ2n) is 6.36. The maximum absolute atomic E-state index is 11.7. The molecule has 22 heavy (non-hydrogen) atoms. The van der Waals surface area contributed by atoms with Gasteiger partial charge in [0.05, 0.1) is 6.26 Å². The fourth-order valence-corrected chi connectivity index (χ4v) is 2.95. The summed E-state index contributed by atoms with van der Waals surface area (Å²) in [7, 11) is -3.17. The highest BCUT2D eigenvalue weighted by molar-refractivity contribution is 7.88. The van der Waals surface area contributed by atoms with E-state index in [2.05, 4.69) is 10.6 Å². The van der Waals surface area contributed by atoms with Gasteiger partial charge in [-0.2, -0.15) is 0 Å². The number of hydrogen-bond acceptors (Lipinski definition) is 5. The summed E-state index contributed by atoms with van der Waals surface area (Å²) in [6.45, 7) is 5.83. The average Bonchev–Trinajstić information content (AvgIpc) is 2.34. The molecule has 0 spiro atoms. The Morgan fingerprint density at radius 2 is 1.77 bits per heavy atom. The van der Waals surface area contributed by atoms with Crippen LogP contribution in [0.1, 0.15) is 33.6 Å². The molecule has 1 rings (SSSR count). The number of alkyl carbamates (subject to hydrolysis) is 1. The zero-order chi connectivity index (χ0) is 17.0. The van der Waals surface area contributed by atoms with Gasteiger partial charge < -0.3 is 15.4 Å². The third-order valence-corrected chi connectivity index (χ3v) is 4.38. The van der Waals surface area contributed by atoms with E-state index < -0.39 is 21.7 Å². The number of ether oxygens (including phenoxy) is 1. The van der Waals surface area contributed by atoms with Crippen molar-refractivity contribution in [3.63, 3.8) is 0 Å². The normalized spacial score (nSPS) is 17.8. The summed E-state index contributed by atoms with van der Waals surface area (Å²) < 4.78 is 29.2. The molecule has 0 aromatic carbocycles. The molecular formula is C13H25N3O5S. The molecule has 2 amide bonds. The fourth-order valence-electron chi connectivity index (χ4n) is 2.08. The lowest BCUT2D eigenvalue weighted by molar-refractivity contribution is -0.121. The van der Waals surface area contributed by atoms with Crippen molar-refractivity contribution in [3.8, 4) is 0 Å². The molecule has 0 aliphatic carbocycles. The highest BCUT2D eigenvalue weighted by atomic mass is 32.2. The molecule has 9 heteroatoms. The molecule has 0 aromatic heterocycles. The lowest BCUT2D eigenvalue weighted by Crippen LogP contribution is -2.48. The fraction of sp³-hybridized carbons (Fsp3) is 0.846. The van der Waals surface area contributed by atoms with Gasteiger partial charge in [0, 0.05) is 19.1 Å². The second kappa shape index (κ2) is 7.28. The van der Waals surface area contributed by atoms with Crippen LogP contribution < -0.4 is 10.6 Å². The van der Waals surface area contributed by atoms with E-state index in [0.29, 0.717) is 25.9 Å². The first kappa shape index (κ1) is 18.7. The molecule has 0 saturated carbocycles. The third kappa shape index (κ3) is 7.08. The molecule has 8 nitrogen and oxygen atoms in total. The monoisotopic (exact) mass is 335 g/mol. The smallest absolute Gasteiger partial charge is 0.408 e. The molecular weight excluding hydrogens is 310 g/mol. The first-order valence-corrected chi connectivity index (χ1v) is 9.03. The molecule has 2 N–H and O–H groups in total. The van der Waals surface area contributed by atoms with Crippen LogP contribution >= 0.6 is 0 Å². The van der Waals surface area contributed by atoms with Crippen molar-refractivity contribution in [2.75, 3.05) is 25.9 Å². The van der Waals surface area contributed by atoms with Crippen LogP contribution in [0.2, 0.25) is 0 Å². The van der Waals surface area contributed by atoms with Crippen molar-refractivity contribution in [3.05, 3.63) is 0 Å². The predicted octanol–water partition coefficient (Wildman–Crippen LogP) is 0.0513. The number of amides is 2. The number of hydrogen-bond donors (Lipinski definition) is 2. The topological polar surface area (TPSA) is 105 Å². The van der Waals surface area contributed by atoms with Gasteiger partial charge in [-0.3, -0.25) is 4.79 Å². The molecule has 0 bridgehead atoms. The van der Waals surface area contributed by atoms with Crippen LogP contribution in [0.3, 0.4) is 0 Å². The minimum absolute atomic E-state index is 0.0778. The van der Waals surface area contributed by atoms with Crippen LogP contribution in [0, 0.1) is 0 Å². The molecule has 1 aliphatic heterocycles. The minimum Gasteiger partial charge on any atom is -0.444 e. The van der Waals surface area contributed by atoms with Crippen molar-refractivity contribution < 1.29 is 22.7 Å². The Balaban J connectivity index is 2.28. The molecule has 0 unspecified atom stereocenters. The highest BCUT2D eigenvalue weighted by Crippen LogP contribution is 2.13. The number of piperidine rings is 1. The van der Waals surface area contributed by atoms with Crippen molar-refractivity contribution in [1.82, 2.24) is 14.9 Å². The maximum Gasteiger partial charge on any atom is 0.408 e. The maximum atomic E-state index is 11.7. The van der Waals surface area contributed by atoms with Crippen LogP contribution in [-0.2, 0) is 19.6 Å². The zero-order valence-electron chi connectivity index (χ0n) is 13.5. The van der Waals surface area contributed by atoms with E-state index in [4.69, 9.17) is 4.74 Å². The molecule has 1 saturated heterocycles. The van der Waals surface area contributed by atoms with Gasteiger partial charge >= 0.3 is 6.09 Å². The molecule has 0 atom stereocenters. The SMILES string of the molecule is CC(C)(C)OC(=O)NCC(=O)NC1CCN(S(C)(=O)=O)CC1. The van der Waals surface area contributed by atoms with Gasteiger partial charge in [-0.05, 0) is 33.6 Å². The van der Waals surface area contributed by atoms with E-state index in [-0.39, 0.29) is 18.5 Å². The van der Waals surface area contributed by atoms with Gasteiger partial charge in [-0.25, -0.2) is 17.5 Å². The van der Waals surface area contributed by atoms with Gasteiger partial charge in [-0.15, -0.1) is 0 Å². The van der Waals surface area contributed by atoms with Crippen molar-refractivity contribution in [1.29, 1.82) is 0 Å². The summed E-state index contributed by atoms with van der Waals surface area (Å²) in [5.41, 5.74) is -0.612. The number of rotatable bonds is 4. The van der Waals surface area contributed by atoms with Crippen molar-refractivity contribution >= 4 is 22.0 Å². The minimum atomic E-state index is -3.17. The number of carbonyl (C=O) groups is 2. The molecule has 0 radical (unpaired) electrons. The Morgan fingerprint density at radius 3 is 2.23 bits per heavy atom. The first-order valence-electron chi connectivity index (χ1n) is 7.19. The number of nitrogens with zero attached hydrogens (tertiary/aromatic N) is 1. The Hall–Kier alpha value is -1.35. The average molecular weight is 335 g/mol. The predicted molar refractivity (Wildman–Crippen MR) is 81.8 cm³/mol. The number of sulfonamides is 1. The molecule has 0 aromatic rings. The van der Waals surface area contributed by atoms with Crippen LogP contribution in [0.25, 0.3) is 0 Å². The summed E-state index contributed by atoms with van der Waals surface area (Å²) in [6, 6.07) is -0.0778. The summed E-state index contributed by atoms with van der Waals surface area (Å²) in [4.78, 5) is 23.2. The summed E-state index contributed by atoms with van der Waals surface area (Å²) >= 11 is 0. The van der Waals surface area contributed by atoms with E-state index in [1.807, 2.05) is 0 Å². The summed E-state index contributed by atoms with van der Waals surface area (Å²) in [6.07, 6.45) is 1.65. The standard InChI is InChI=1S/C13H25N3O5S/c1-13(2,3)21-12(18)14-9-11(17)15-10-5-7-16(8-6-10)22(4,19)20/h10H,5-9H2,1-4H3,(H,14,18)(H,15,17). The van der Waals surface area contributed by atoms with E-state index >= 15 is 0 Å². The van der Waals surface area contributed by atoms with Crippen LogP contribution in [0.5, 0.6) is 0 Å². The lowest BCUT2D eigenvalue weighted by Gasteiger charge is -2.30. The Bertz CT molecular complexity index is 504. The van der Waals surface area contributed by atoms with Gasteiger partial charge in [0.2, 0.25) is 15.9 Å². The molecule has 128 valence electrons. The third-order valence-electron chi connectivity index (χ3n) is 3.08. The van der Waals surface area contributed by atoms with E-state index in [0.717, 1.165) is 0 Å². The van der Waals surface area contributed by atoms with Crippen LogP contribution in [-0.4, -0.2) is 62.3 Å². The largest absolute Gasteiger partial charge is 0.444 e. The highest BCUT2D eigenvalue weighted by Gasteiger charge is 2.25. The molecule has 1 fully saturated rings. The van der Waals surface area contributed by atoms with Gasteiger partial charge in [0.25, 0.3) is 0 Å². The van der Waals surface area contributed by atoms with Crippen molar-refractivity contribution in [2.24, 2.45) is 0 Å². The van der Waals surface area contributed by atoms with Crippen molar-refractivity contribution in [2.45, 2.75) is 45.3 Å². The Morgan fingerprint density at radius 1 is 1.23 bits per heavy atom. The second-order valence-corrected chi connectivity index (χ2v) is 8.34. The molecule has 1 heterocycles. The first-order chi connectivity index (χ1) is 9.97.